The Morgan fingerprint density at radius 1 is 0.585 bits per heavy atom. The summed E-state index contributed by atoms with van der Waals surface area (Å²) in [6, 6.07) is 10.0. The summed E-state index contributed by atoms with van der Waals surface area (Å²) in [7, 11) is 0. The number of benzene rings is 2. The van der Waals surface area contributed by atoms with Gasteiger partial charge in [0, 0.05) is 11.8 Å². The third-order valence-corrected chi connectivity index (χ3v) is 20.7. The molecule has 82 heavy (non-hydrogen) atoms. The van der Waals surface area contributed by atoms with E-state index in [1.54, 1.807) is 30.3 Å². The van der Waals surface area contributed by atoms with Crippen LogP contribution in [-0.2, 0) is 47.7 Å². The molecular weight excluding hydrogens is 1040 g/mol. The van der Waals surface area contributed by atoms with E-state index in [0.29, 0.717) is 65.9 Å². The number of aromatic carboxylic acids is 1. The Hall–Kier alpha value is -4.56. The average molecular weight is 1150 g/mol. The molecule has 11 fully saturated rings. The number of esters is 5. The van der Waals surface area contributed by atoms with Crippen LogP contribution in [0, 0.1) is 63.1 Å². The monoisotopic (exact) mass is 1150 g/mol. The second-order valence-electron chi connectivity index (χ2n) is 27.8. The zero-order valence-corrected chi connectivity index (χ0v) is 49.1. The van der Waals surface area contributed by atoms with Crippen LogP contribution >= 0.6 is 0 Å². The molecule has 7 unspecified atom stereocenters. The van der Waals surface area contributed by atoms with Crippen molar-refractivity contribution in [3.05, 3.63) is 42.0 Å². The number of carboxylic acids is 1. The number of carboxylic acid groups (broad SMARTS) is 1. The quantitative estimate of drug-likeness (QED) is 0.103. The molecule has 2 aromatic rings. The van der Waals surface area contributed by atoms with Gasteiger partial charge in [-0.1, -0.05) is 88.6 Å². The molecule has 7 atom stereocenters. The molecule has 3 heterocycles. The number of rotatable bonds is 14. The van der Waals surface area contributed by atoms with E-state index in [1.165, 1.54) is 44.6 Å². The van der Waals surface area contributed by atoms with Crippen molar-refractivity contribution < 1.29 is 67.4 Å². The van der Waals surface area contributed by atoms with Gasteiger partial charge in [0.05, 0.1) is 44.8 Å². The maximum Gasteiger partial charge on any atom is 0.336 e. The van der Waals surface area contributed by atoms with Crippen LogP contribution < -0.4 is 4.74 Å². The number of fused-ring (bicyclic) bond motifs is 2. The van der Waals surface area contributed by atoms with E-state index in [9.17, 15) is 39.0 Å². The number of hydrogen-bond donors (Lipinski definition) is 2. The van der Waals surface area contributed by atoms with E-state index >= 15 is 0 Å². The van der Waals surface area contributed by atoms with Gasteiger partial charge in [0.25, 0.3) is 0 Å². The van der Waals surface area contributed by atoms with Gasteiger partial charge in [0.15, 0.2) is 12.2 Å². The van der Waals surface area contributed by atoms with Gasteiger partial charge in [-0.3, -0.25) is 24.0 Å². The molecular formula is C68H108O14. The fourth-order valence-corrected chi connectivity index (χ4v) is 14.7. The predicted octanol–water partition coefficient (Wildman–Crippen LogP) is 15.1. The number of aliphatic hydroxyl groups is 1. The lowest BCUT2D eigenvalue weighted by Crippen LogP contribution is -2.61. The molecule has 14 nitrogen and oxygen atoms in total. The molecule has 8 saturated carbocycles. The van der Waals surface area contributed by atoms with Crippen LogP contribution in [0.2, 0.25) is 0 Å². The zero-order valence-electron chi connectivity index (χ0n) is 49.1. The highest BCUT2D eigenvalue weighted by molar-refractivity contribution is 6.05. The van der Waals surface area contributed by atoms with E-state index < -0.39 is 40.0 Å². The minimum Gasteiger partial charge on any atom is -0.478 e. The molecule has 2 N–H and O–H groups in total. The highest BCUT2D eigenvalue weighted by atomic mass is 16.7. The van der Waals surface area contributed by atoms with Crippen molar-refractivity contribution in [2.24, 2.45) is 63.1 Å². The van der Waals surface area contributed by atoms with Crippen molar-refractivity contribution in [3.63, 3.8) is 0 Å². The van der Waals surface area contributed by atoms with Crippen molar-refractivity contribution in [2.75, 3.05) is 0 Å². The summed E-state index contributed by atoms with van der Waals surface area (Å²) in [5.41, 5.74) is -2.68. The zero-order chi connectivity index (χ0) is 57.1. The summed E-state index contributed by atoms with van der Waals surface area (Å²) in [6.07, 6.45) is 15.8. The van der Waals surface area contributed by atoms with Crippen molar-refractivity contribution in [2.45, 2.75) is 270 Å². The first-order valence-corrected chi connectivity index (χ1v) is 29.7. The summed E-state index contributed by atoms with van der Waals surface area (Å²) >= 11 is 0. The first kappa shape index (κ1) is 69.9. The first-order valence-electron chi connectivity index (χ1n) is 29.7. The van der Waals surface area contributed by atoms with Gasteiger partial charge < -0.3 is 38.6 Å². The van der Waals surface area contributed by atoms with Gasteiger partial charge in [0.2, 0.25) is 0 Å². The topological polar surface area (TPSA) is 198 Å². The summed E-state index contributed by atoms with van der Waals surface area (Å²) in [4.78, 5) is 72.0. The van der Waals surface area contributed by atoms with E-state index in [2.05, 4.69) is 13.8 Å². The fourth-order valence-electron chi connectivity index (χ4n) is 14.7. The minimum absolute atomic E-state index is 0. The molecule has 464 valence electrons. The molecule has 3 aliphatic heterocycles. The highest BCUT2D eigenvalue weighted by Gasteiger charge is 2.66. The largest absolute Gasteiger partial charge is 0.478 e. The molecule has 0 spiro atoms. The van der Waals surface area contributed by atoms with Crippen LogP contribution in [0.4, 0.5) is 0 Å². The summed E-state index contributed by atoms with van der Waals surface area (Å²) < 4.78 is 34.2. The lowest BCUT2D eigenvalue weighted by molar-refractivity contribution is -0.225. The number of carbonyl (C=O) groups excluding carboxylic acids is 5. The van der Waals surface area contributed by atoms with Gasteiger partial charge in [-0.2, -0.15) is 0 Å². The lowest BCUT2D eigenvalue weighted by atomic mass is 9.49. The third-order valence-electron chi connectivity index (χ3n) is 20.7. The Bertz CT molecular complexity index is 2550. The van der Waals surface area contributed by atoms with Crippen LogP contribution in [0.25, 0.3) is 10.8 Å². The maximum absolute atomic E-state index is 12.6. The minimum atomic E-state index is -1.00. The molecule has 3 saturated heterocycles. The first-order chi connectivity index (χ1) is 36.5. The number of carbonyl (C=O) groups is 6. The number of hydrogen-bond acceptors (Lipinski definition) is 13. The Labute approximate surface area is 493 Å². The lowest BCUT2D eigenvalue weighted by Gasteiger charge is -2.60. The van der Waals surface area contributed by atoms with Crippen LogP contribution in [0.15, 0.2) is 36.4 Å². The molecule has 13 rings (SSSR count). The highest BCUT2D eigenvalue weighted by Crippen LogP contribution is 2.62. The third kappa shape index (κ3) is 13.7. The van der Waals surface area contributed by atoms with Crippen LogP contribution in [0.5, 0.6) is 5.75 Å². The van der Waals surface area contributed by atoms with Gasteiger partial charge >= 0.3 is 35.8 Å². The van der Waals surface area contributed by atoms with Gasteiger partial charge in [0.1, 0.15) is 23.1 Å². The summed E-state index contributed by atoms with van der Waals surface area (Å²) in [6.45, 7) is 25.5. The Balaban J connectivity index is 0.000000231. The molecule has 0 aromatic heterocycles. The van der Waals surface area contributed by atoms with Gasteiger partial charge in [-0.15, -0.1) is 0 Å². The van der Waals surface area contributed by atoms with Crippen LogP contribution in [0.3, 0.4) is 0 Å². The second kappa shape index (κ2) is 26.0. The summed E-state index contributed by atoms with van der Waals surface area (Å²) in [5, 5.41) is 21.0. The van der Waals surface area contributed by atoms with Crippen molar-refractivity contribution in [1.29, 1.82) is 0 Å². The standard InChI is InChI=1S/C18H30O2.C17H18O4.C16H26O3.C13H18O5.4CH4/c1-5-17(3,4)16(19)20-18(6-2)14-8-12-7-13(10-14)11-15(18)9-12;1-4-17(2,3)16(20)21-14-10-6-7-11-12(14)8-5-9-13(11)15(18)19;1-4-14(2,3)13(17)19-16-8-11-5-12(9-16)7-15(18,6-11)10-16;1-4-13(2,3)12(15)18-9-7-5-6-8(16-7)10(9)17-11(6)14;;;;/h12-15H,5-11H2,1-4H3;5-10H,4H2,1-3H3,(H,18,19);11-12,18H,4-10H2,1-3H3;6-10H,4-5H2,1-3H3;4*1H4. The van der Waals surface area contributed by atoms with E-state index in [4.69, 9.17) is 28.4 Å². The Morgan fingerprint density at radius 2 is 1.06 bits per heavy atom. The Morgan fingerprint density at radius 3 is 1.56 bits per heavy atom. The van der Waals surface area contributed by atoms with E-state index in [0.717, 1.165) is 56.8 Å². The molecule has 0 amide bonds. The Kier molecular flexibility index (Phi) is 22.1. The van der Waals surface area contributed by atoms with Crippen molar-refractivity contribution in [3.8, 4) is 5.75 Å². The van der Waals surface area contributed by atoms with E-state index in [1.807, 2.05) is 76.2 Å². The van der Waals surface area contributed by atoms with Crippen molar-refractivity contribution >= 4 is 46.6 Å². The van der Waals surface area contributed by atoms with E-state index in [-0.39, 0.29) is 99.9 Å². The van der Waals surface area contributed by atoms with Crippen LogP contribution in [-0.4, -0.2) is 87.2 Å². The molecule has 2 aromatic carbocycles. The molecule has 8 aliphatic carbocycles. The molecule has 10 bridgehead atoms. The fraction of sp³-hybridized carbons (Fsp3) is 0.765. The van der Waals surface area contributed by atoms with Crippen molar-refractivity contribution in [1.82, 2.24) is 0 Å². The van der Waals surface area contributed by atoms with Gasteiger partial charge in [-0.05, 0) is 211 Å². The second-order valence-corrected chi connectivity index (χ2v) is 27.8. The summed E-state index contributed by atoms with van der Waals surface area (Å²) in [5.74, 6) is 2.67. The predicted molar refractivity (Wildman–Crippen MR) is 321 cm³/mol. The number of ether oxygens (including phenoxy) is 6. The average Bonchev–Trinajstić information content (AvgIpc) is 4.14. The smallest absolute Gasteiger partial charge is 0.336 e. The molecule has 0 radical (unpaired) electrons. The van der Waals surface area contributed by atoms with Crippen LogP contribution in [0.1, 0.15) is 239 Å². The van der Waals surface area contributed by atoms with Gasteiger partial charge in [-0.25, -0.2) is 4.79 Å². The molecule has 14 heteroatoms. The normalized spacial score (nSPS) is 32.7. The molecule has 11 aliphatic rings. The maximum atomic E-state index is 12.6. The SMILES string of the molecule is C.C.C.C.CCC(C)(C)C(=O)OC1(CC)C2CC3CC(C2)CC1C3.CCC(C)(C)C(=O)OC12CC3CC(CC(O)(C3)C1)C2.CCC(C)(C)C(=O)OC1C2CC3C(=O)OC1C3O2.CCC(C)(C)C(=O)Oc1cccc2c(C(=O)O)cccc12.